The fraction of sp³-hybridized carbons (Fsp3) is 0.455. The van der Waals surface area contributed by atoms with Crippen molar-refractivity contribution in [3.63, 3.8) is 0 Å². The zero-order valence-electron chi connectivity index (χ0n) is 8.94. The van der Waals surface area contributed by atoms with Crippen LogP contribution in [0.15, 0.2) is 16.6 Å². The van der Waals surface area contributed by atoms with Gasteiger partial charge in [-0.3, -0.25) is 0 Å². The zero-order chi connectivity index (χ0) is 11.3. The Hall–Kier alpha value is 0.140. The smallest absolute Gasteiger partial charge is 0.0499 e. The number of hydrogen-bond donors (Lipinski definition) is 1. The summed E-state index contributed by atoms with van der Waals surface area (Å²) in [5, 5.41) is 4.18. The number of benzene rings is 1. The number of nitrogens with one attached hydrogen (secondary N) is 1. The lowest BCUT2D eigenvalue weighted by Gasteiger charge is -2.10. The molecular formula is C11H15BrClNS. The highest BCUT2D eigenvalue weighted by Gasteiger charge is 2.03. The minimum atomic E-state index is 0.811. The molecule has 0 saturated carbocycles. The van der Waals surface area contributed by atoms with Crippen LogP contribution >= 0.6 is 39.3 Å². The van der Waals surface area contributed by atoms with E-state index in [9.17, 15) is 0 Å². The SMILES string of the molecule is CSCCCNc1cc(Cl)c(C)cc1Br. The summed E-state index contributed by atoms with van der Waals surface area (Å²) in [5.74, 6) is 1.18. The highest BCUT2D eigenvalue weighted by Crippen LogP contribution is 2.29. The molecule has 4 heteroatoms. The van der Waals surface area contributed by atoms with Crippen LogP contribution in [0.5, 0.6) is 0 Å². The first-order valence-corrected chi connectivity index (χ1v) is 7.40. The van der Waals surface area contributed by atoms with Crippen molar-refractivity contribution in [2.45, 2.75) is 13.3 Å². The average Bonchev–Trinajstić information content (AvgIpc) is 2.20. The van der Waals surface area contributed by atoms with Crippen molar-refractivity contribution in [3.05, 3.63) is 27.2 Å². The topological polar surface area (TPSA) is 12.0 Å². The molecule has 0 radical (unpaired) electrons. The Morgan fingerprint density at radius 2 is 2.20 bits per heavy atom. The third-order valence-corrected chi connectivity index (χ3v) is 3.85. The molecule has 0 heterocycles. The summed E-state index contributed by atoms with van der Waals surface area (Å²) in [7, 11) is 0. The Morgan fingerprint density at radius 1 is 1.47 bits per heavy atom. The first-order valence-electron chi connectivity index (χ1n) is 4.83. The molecule has 1 aromatic rings. The number of rotatable bonds is 5. The van der Waals surface area contributed by atoms with Crippen LogP contribution in [0.3, 0.4) is 0 Å². The molecular weight excluding hydrogens is 294 g/mol. The predicted octanol–water partition coefficient (Wildman–Crippen LogP) is 4.58. The van der Waals surface area contributed by atoms with Gasteiger partial charge in [-0.2, -0.15) is 11.8 Å². The first kappa shape index (κ1) is 13.2. The molecule has 0 unspecified atom stereocenters. The number of thioether (sulfide) groups is 1. The molecule has 1 rings (SSSR count). The van der Waals surface area contributed by atoms with Gasteiger partial charge in [-0.25, -0.2) is 0 Å². The van der Waals surface area contributed by atoms with E-state index in [1.54, 1.807) is 0 Å². The molecule has 0 spiro atoms. The number of anilines is 1. The lowest BCUT2D eigenvalue weighted by Crippen LogP contribution is -2.03. The highest BCUT2D eigenvalue weighted by molar-refractivity contribution is 9.10. The summed E-state index contributed by atoms with van der Waals surface area (Å²) < 4.78 is 1.08. The van der Waals surface area contributed by atoms with Gasteiger partial charge in [0.2, 0.25) is 0 Å². The van der Waals surface area contributed by atoms with Crippen molar-refractivity contribution in [2.24, 2.45) is 0 Å². The van der Waals surface area contributed by atoms with Gasteiger partial charge in [0.25, 0.3) is 0 Å². The minimum absolute atomic E-state index is 0.811. The molecule has 1 N–H and O–H groups in total. The van der Waals surface area contributed by atoms with Gasteiger partial charge in [0.05, 0.1) is 0 Å². The van der Waals surface area contributed by atoms with Gasteiger partial charge in [0.15, 0.2) is 0 Å². The van der Waals surface area contributed by atoms with E-state index in [2.05, 4.69) is 27.5 Å². The van der Waals surface area contributed by atoms with E-state index < -0.39 is 0 Å². The van der Waals surface area contributed by atoms with Gasteiger partial charge in [-0.15, -0.1) is 0 Å². The lowest BCUT2D eigenvalue weighted by molar-refractivity contribution is 0.992. The lowest BCUT2D eigenvalue weighted by atomic mass is 10.2. The van der Waals surface area contributed by atoms with Crippen molar-refractivity contribution < 1.29 is 0 Å². The van der Waals surface area contributed by atoms with E-state index in [-0.39, 0.29) is 0 Å². The van der Waals surface area contributed by atoms with E-state index in [1.807, 2.05) is 30.8 Å². The summed E-state index contributed by atoms with van der Waals surface area (Å²) in [6, 6.07) is 4.01. The van der Waals surface area contributed by atoms with Gasteiger partial charge >= 0.3 is 0 Å². The summed E-state index contributed by atoms with van der Waals surface area (Å²) in [4.78, 5) is 0. The zero-order valence-corrected chi connectivity index (χ0v) is 12.1. The predicted molar refractivity (Wildman–Crippen MR) is 75.4 cm³/mol. The van der Waals surface area contributed by atoms with Crippen LogP contribution in [0.4, 0.5) is 5.69 Å². The van der Waals surface area contributed by atoms with Crippen LogP contribution in [0.1, 0.15) is 12.0 Å². The number of halogens is 2. The Balaban J connectivity index is 2.57. The maximum Gasteiger partial charge on any atom is 0.0499 e. The summed E-state index contributed by atoms with van der Waals surface area (Å²) >= 11 is 11.5. The van der Waals surface area contributed by atoms with Gasteiger partial charge in [0.1, 0.15) is 0 Å². The van der Waals surface area contributed by atoms with Crippen LogP contribution in [-0.4, -0.2) is 18.6 Å². The normalized spacial score (nSPS) is 10.4. The molecule has 0 amide bonds. The fourth-order valence-electron chi connectivity index (χ4n) is 1.22. The van der Waals surface area contributed by atoms with E-state index in [4.69, 9.17) is 11.6 Å². The Bertz CT molecular complexity index is 331. The molecule has 0 fully saturated rings. The largest absolute Gasteiger partial charge is 0.384 e. The molecule has 0 aromatic heterocycles. The summed E-state index contributed by atoms with van der Waals surface area (Å²) in [5.41, 5.74) is 2.17. The van der Waals surface area contributed by atoms with Crippen LogP contribution in [0, 0.1) is 6.92 Å². The van der Waals surface area contributed by atoms with Crippen molar-refractivity contribution in [3.8, 4) is 0 Å². The Morgan fingerprint density at radius 3 is 2.87 bits per heavy atom. The molecule has 0 atom stereocenters. The van der Waals surface area contributed by atoms with Crippen LogP contribution < -0.4 is 5.32 Å². The van der Waals surface area contributed by atoms with Crippen molar-refractivity contribution in [2.75, 3.05) is 23.9 Å². The van der Waals surface area contributed by atoms with Crippen LogP contribution in [0.2, 0.25) is 5.02 Å². The van der Waals surface area contributed by atoms with Crippen LogP contribution in [-0.2, 0) is 0 Å². The number of aryl methyl sites for hydroxylation is 1. The van der Waals surface area contributed by atoms with Crippen LogP contribution in [0.25, 0.3) is 0 Å². The summed E-state index contributed by atoms with van der Waals surface area (Å²) in [6.45, 7) is 2.99. The molecule has 15 heavy (non-hydrogen) atoms. The number of hydrogen-bond acceptors (Lipinski definition) is 2. The van der Waals surface area contributed by atoms with E-state index in [0.29, 0.717) is 0 Å². The first-order chi connectivity index (χ1) is 7.15. The standard InChI is InChI=1S/C11H15BrClNS/c1-8-6-9(12)11(7-10(8)13)14-4-3-5-15-2/h6-7,14H,3-5H2,1-2H3. The van der Waals surface area contributed by atoms with E-state index in [1.165, 1.54) is 12.2 Å². The molecule has 1 nitrogen and oxygen atoms in total. The highest BCUT2D eigenvalue weighted by atomic mass is 79.9. The van der Waals surface area contributed by atoms with Gasteiger partial charge in [-0.05, 0) is 59.0 Å². The molecule has 0 aliphatic carbocycles. The van der Waals surface area contributed by atoms with Gasteiger partial charge < -0.3 is 5.32 Å². The Labute approximate surface area is 109 Å². The summed E-state index contributed by atoms with van der Waals surface area (Å²) in [6.07, 6.45) is 3.29. The maximum atomic E-state index is 6.06. The third-order valence-electron chi connectivity index (χ3n) is 2.09. The second-order valence-corrected chi connectivity index (χ2v) is 5.60. The molecule has 0 saturated heterocycles. The Kier molecular flexibility index (Phi) is 5.87. The third kappa shape index (κ3) is 4.25. The van der Waals surface area contributed by atoms with Gasteiger partial charge in [-0.1, -0.05) is 11.6 Å². The van der Waals surface area contributed by atoms with Gasteiger partial charge in [0, 0.05) is 21.7 Å². The molecule has 1 aromatic carbocycles. The van der Waals surface area contributed by atoms with E-state index >= 15 is 0 Å². The second-order valence-electron chi connectivity index (χ2n) is 3.35. The molecule has 0 aliphatic heterocycles. The van der Waals surface area contributed by atoms with Crippen molar-refractivity contribution in [1.29, 1.82) is 0 Å². The molecule has 0 bridgehead atoms. The van der Waals surface area contributed by atoms with Crippen molar-refractivity contribution >= 4 is 45.0 Å². The van der Waals surface area contributed by atoms with E-state index in [0.717, 1.165) is 27.3 Å². The maximum absolute atomic E-state index is 6.06. The fourth-order valence-corrected chi connectivity index (χ4v) is 2.42. The quantitative estimate of drug-likeness (QED) is 0.799. The second kappa shape index (κ2) is 6.66. The monoisotopic (exact) mass is 307 g/mol. The molecule has 0 aliphatic rings. The van der Waals surface area contributed by atoms with Crippen molar-refractivity contribution in [1.82, 2.24) is 0 Å². The molecule has 84 valence electrons. The minimum Gasteiger partial charge on any atom is -0.384 e. The average molecular weight is 309 g/mol.